The van der Waals surface area contributed by atoms with E-state index in [2.05, 4.69) is 20.7 Å². The van der Waals surface area contributed by atoms with Gasteiger partial charge >= 0.3 is 6.18 Å². The maximum atomic E-state index is 13.7. The van der Waals surface area contributed by atoms with Crippen molar-refractivity contribution in [3.63, 3.8) is 0 Å². The minimum Gasteiger partial charge on any atom is -0.328 e. The number of rotatable bonds is 3. The zero-order valence-corrected chi connectivity index (χ0v) is 15.2. The summed E-state index contributed by atoms with van der Waals surface area (Å²) in [4.78, 5) is 17.1. The third kappa shape index (κ3) is 3.46. The first-order valence-electron chi connectivity index (χ1n) is 8.76. The van der Waals surface area contributed by atoms with Crippen molar-refractivity contribution in [2.45, 2.75) is 19.1 Å². The molecule has 29 heavy (non-hydrogen) atoms. The van der Waals surface area contributed by atoms with Crippen molar-refractivity contribution >= 4 is 17.5 Å². The van der Waals surface area contributed by atoms with Gasteiger partial charge in [-0.1, -0.05) is 36.4 Å². The summed E-state index contributed by atoms with van der Waals surface area (Å²) < 4.78 is 42.4. The highest BCUT2D eigenvalue weighted by Gasteiger charge is 2.40. The van der Waals surface area contributed by atoms with Crippen molar-refractivity contribution in [3.05, 3.63) is 83.3 Å². The Hall–Kier alpha value is -3.62. The largest absolute Gasteiger partial charge is 0.416 e. The predicted octanol–water partition coefficient (Wildman–Crippen LogP) is 4.22. The van der Waals surface area contributed by atoms with E-state index >= 15 is 0 Å². The molecule has 1 aromatic heterocycles. The Labute approximate surface area is 164 Å². The van der Waals surface area contributed by atoms with Gasteiger partial charge in [0.25, 0.3) is 5.91 Å². The van der Waals surface area contributed by atoms with E-state index < -0.39 is 23.7 Å². The normalized spacial score (nSPS) is 16.2. The molecule has 0 unspecified atom stereocenters. The third-order valence-corrected chi connectivity index (χ3v) is 4.63. The molecule has 1 atom stereocenters. The fourth-order valence-electron chi connectivity index (χ4n) is 3.39. The van der Waals surface area contributed by atoms with Gasteiger partial charge in [0.2, 0.25) is 5.95 Å². The highest BCUT2D eigenvalue weighted by atomic mass is 19.4. The summed E-state index contributed by atoms with van der Waals surface area (Å²) in [6, 6.07) is 12.8. The van der Waals surface area contributed by atoms with Gasteiger partial charge in [-0.05, 0) is 30.7 Å². The standard InChI is InChI=1S/C20H16F3N5O/c1-12-16(18(29)27-13-7-3-2-4-8-13)17(28-19(26-12)24-11-25-28)14-9-5-6-10-15(14)20(21,22)23/h2-11,17H,1H3,(H,27,29)(H,24,25,26)/t17-/m0/s1. The van der Waals surface area contributed by atoms with Gasteiger partial charge < -0.3 is 10.6 Å². The molecule has 0 aliphatic carbocycles. The smallest absolute Gasteiger partial charge is 0.328 e. The first kappa shape index (κ1) is 18.7. The van der Waals surface area contributed by atoms with Crippen molar-refractivity contribution < 1.29 is 18.0 Å². The second kappa shape index (κ2) is 7.08. The molecule has 1 aliphatic rings. The van der Waals surface area contributed by atoms with Crippen LogP contribution in [0.3, 0.4) is 0 Å². The molecule has 0 spiro atoms. The highest BCUT2D eigenvalue weighted by Crippen LogP contribution is 2.41. The summed E-state index contributed by atoms with van der Waals surface area (Å²) in [6.45, 7) is 1.63. The second-order valence-electron chi connectivity index (χ2n) is 6.50. The van der Waals surface area contributed by atoms with E-state index in [0.717, 1.165) is 6.07 Å². The lowest BCUT2D eigenvalue weighted by molar-refractivity contribution is -0.138. The van der Waals surface area contributed by atoms with Crippen LogP contribution in [0, 0.1) is 0 Å². The SMILES string of the molecule is CC1=C(C(=O)Nc2ccccc2)[C@H](c2ccccc2C(F)(F)F)n2ncnc2N1. The van der Waals surface area contributed by atoms with Crippen LogP contribution in [0.5, 0.6) is 0 Å². The van der Waals surface area contributed by atoms with Gasteiger partial charge in [0.05, 0.1) is 11.1 Å². The van der Waals surface area contributed by atoms with E-state index in [0.29, 0.717) is 11.4 Å². The number of amides is 1. The highest BCUT2D eigenvalue weighted by molar-refractivity contribution is 6.06. The first-order valence-corrected chi connectivity index (χ1v) is 8.76. The third-order valence-electron chi connectivity index (χ3n) is 4.63. The Morgan fingerprint density at radius 1 is 1.10 bits per heavy atom. The van der Waals surface area contributed by atoms with Crippen molar-refractivity contribution in [2.75, 3.05) is 10.6 Å². The molecular weight excluding hydrogens is 383 g/mol. The van der Waals surface area contributed by atoms with E-state index in [4.69, 9.17) is 0 Å². The van der Waals surface area contributed by atoms with Crippen LogP contribution in [0.2, 0.25) is 0 Å². The topological polar surface area (TPSA) is 71.8 Å². The molecule has 0 bridgehead atoms. The van der Waals surface area contributed by atoms with Crippen molar-refractivity contribution in [3.8, 4) is 0 Å². The van der Waals surface area contributed by atoms with Crippen LogP contribution in [-0.2, 0) is 11.0 Å². The first-order chi connectivity index (χ1) is 13.9. The number of allylic oxidation sites excluding steroid dienone is 1. The number of alkyl halides is 3. The number of carbonyl (C=O) groups excluding carboxylic acids is 1. The molecular formula is C20H16F3N5O. The van der Waals surface area contributed by atoms with E-state index in [-0.39, 0.29) is 17.1 Å². The minimum absolute atomic E-state index is 0.0780. The van der Waals surface area contributed by atoms with E-state index in [1.807, 2.05) is 0 Å². The van der Waals surface area contributed by atoms with Crippen LogP contribution in [-0.4, -0.2) is 20.7 Å². The molecule has 0 saturated carbocycles. The van der Waals surface area contributed by atoms with Gasteiger partial charge in [-0.3, -0.25) is 4.79 Å². The van der Waals surface area contributed by atoms with E-state index in [1.165, 1.54) is 29.2 Å². The summed E-state index contributed by atoms with van der Waals surface area (Å²) in [6.07, 6.45) is -3.35. The van der Waals surface area contributed by atoms with Crippen molar-refractivity contribution in [2.24, 2.45) is 0 Å². The molecule has 148 valence electrons. The lowest BCUT2D eigenvalue weighted by Crippen LogP contribution is -2.32. The number of halogens is 3. The number of carbonyl (C=O) groups is 1. The van der Waals surface area contributed by atoms with Crippen molar-refractivity contribution in [1.29, 1.82) is 0 Å². The number of benzene rings is 2. The number of nitrogens with zero attached hydrogens (tertiary/aromatic N) is 3. The number of anilines is 2. The molecule has 1 aliphatic heterocycles. The summed E-state index contributed by atoms with van der Waals surface area (Å²) in [5.74, 6) is -0.259. The lowest BCUT2D eigenvalue weighted by atomic mass is 9.91. The van der Waals surface area contributed by atoms with Crippen LogP contribution in [0.4, 0.5) is 24.8 Å². The monoisotopic (exact) mass is 399 g/mol. The Bertz CT molecular complexity index is 1090. The molecule has 1 amide bonds. The lowest BCUT2D eigenvalue weighted by Gasteiger charge is -2.30. The Morgan fingerprint density at radius 2 is 1.79 bits per heavy atom. The summed E-state index contributed by atoms with van der Waals surface area (Å²) >= 11 is 0. The fourth-order valence-corrected chi connectivity index (χ4v) is 3.39. The van der Waals surface area contributed by atoms with Gasteiger partial charge in [-0.15, -0.1) is 0 Å². The van der Waals surface area contributed by atoms with Gasteiger partial charge in [-0.25, -0.2) is 4.68 Å². The van der Waals surface area contributed by atoms with E-state index in [9.17, 15) is 18.0 Å². The molecule has 2 N–H and O–H groups in total. The molecule has 0 saturated heterocycles. The Kier molecular flexibility index (Phi) is 4.57. The number of hydrogen-bond acceptors (Lipinski definition) is 4. The van der Waals surface area contributed by atoms with Crippen LogP contribution in [0.25, 0.3) is 0 Å². The molecule has 6 nitrogen and oxygen atoms in total. The maximum absolute atomic E-state index is 13.7. The summed E-state index contributed by atoms with van der Waals surface area (Å²) in [7, 11) is 0. The van der Waals surface area contributed by atoms with Gasteiger partial charge in [0.15, 0.2) is 0 Å². The number of nitrogens with one attached hydrogen (secondary N) is 2. The molecule has 3 aromatic rings. The number of aromatic nitrogens is 3. The van der Waals surface area contributed by atoms with Gasteiger partial charge in [-0.2, -0.15) is 23.3 Å². The molecule has 9 heteroatoms. The van der Waals surface area contributed by atoms with Crippen molar-refractivity contribution in [1.82, 2.24) is 14.8 Å². The van der Waals surface area contributed by atoms with Crippen LogP contribution in [0.15, 0.2) is 72.2 Å². The van der Waals surface area contributed by atoms with Gasteiger partial charge in [0.1, 0.15) is 12.4 Å². The average molecular weight is 399 g/mol. The molecule has 2 heterocycles. The quantitative estimate of drug-likeness (QED) is 0.692. The predicted molar refractivity (Wildman–Crippen MR) is 101 cm³/mol. The molecule has 4 rings (SSSR count). The molecule has 0 radical (unpaired) electrons. The molecule has 0 fully saturated rings. The zero-order chi connectivity index (χ0) is 20.6. The molecule has 2 aromatic carbocycles. The number of para-hydroxylation sites is 1. The maximum Gasteiger partial charge on any atom is 0.416 e. The fraction of sp³-hybridized carbons (Fsp3) is 0.150. The van der Waals surface area contributed by atoms with Crippen LogP contribution in [0.1, 0.15) is 24.1 Å². The van der Waals surface area contributed by atoms with Crippen LogP contribution >= 0.6 is 0 Å². The number of fused-ring (bicyclic) bond motifs is 1. The average Bonchev–Trinajstić information content (AvgIpc) is 3.15. The summed E-state index contributed by atoms with van der Waals surface area (Å²) in [5, 5.41) is 9.76. The van der Waals surface area contributed by atoms with Crippen LogP contribution < -0.4 is 10.6 Å². The van der Waals surface area contributed by atoms with Gasteiger partial charge in [0, 0.05) is 11.4 Å². The Balaban J connectivity index is 1.85. The number of hydrogen-bond donors (Lipinski definition) is 2. The zero-order valence-electron chi connectivity index (χ0n) is 15.2. The minimum atomic E-state index is -4.59. The second-order valence-corrected chi connectivity index (χ2v) is 6.50. The summed E-state index contributed by atoms with van der Waals surface area (Å²) in [5.41, 5.74) is 0.159. The van der Waals surface area contributed by atoms with E-state index in [1.54, 1.807) is 37.3 Å². The Morgan fingerprint density at radius 3 is 2.52 bits per heavy atom.